The molecule has 2 aromatic carbocycles. The van der Waals surface area contributed by atoms with Gasteiger partial charge in [0.25, 0.3) is 10.0 Å². The first-order valence-electron chi connectivity index (χ1n) is 7.04. The van der Waals surface area contributed by atoms with Gasteiger partial charge in [0.05, 0.1) is 15.5 Å². The second kappa shape index (κ2) is 5.86. The lowest BCUT2D eigenvalue weighted by Crippen LogP contribution is -2.14. The van der Waals surface area contributed by atoms with Gasteiger partial charge in [0.15, 0.2) is 0 Å². The molecule has 2 N–H and O–H groups in total. The molecule has 0 bridgehead atoms. The zero-order valence-electron chi connectivity index (χ0n) is 12.0. The van der Waals surface area contributed by atoms with Gasteiger partial charge in [-0.1, -0.05) is 17.7 Å². The van der Waals surface area contributed by atoms with Gasteiger partial charge in [-0.2, -0.15) is 0 Å². The molecular formula is C16H14ClNO4S. The largest absolute Gasteiger partial charge is 0.478 e. The van der Waals surface area contributed by atoms with E-state index < -0.39 is 16.0 Å². The van der Waals surface area contributed by atoms with Crippen molar-refractivity contribution < 1.29 is 18.3 Å². The highest BCUT2D eigenvalue weighted by atomic mass is 35.5. The fraction of sp³-hybridized carbons (Fsp3) is 0.188. The fourth-order valence-electron chi connectivity index (χ4n) is 2.68. The summed E-state index contributed by atoms with van der Waals surface area (Å²) in [6.45, 7) is 0. The molecule has 3 rings (SSSR count). The van der Waals surface area contributed by atoms with Crippen LogP contribution in [0.25, 0.3) is 0 Å². The van der Waals surface area contributed by atoms with E-state index in [-0.39, 0.29) is 21.2 Å². The Morgan fingerprint density at radius 1 is 1.09 bits per heavy atom. The number of sulfonamides is 1. The van der Waals surface area contributed by atoms with E-state index in [9.17, 15) is 13.2 Å². The van der Waals surface area contributed by atoms with E-state index in [4.69, 9.17) is 16.7 Å². The summed E-state index contributed by atoms with van der Waals surface area (Å²) in [4.78, 5) is 11.2. The number of aryl methyl sites for hydroxylation is 2. The van der Waals surface area contributed by atoms with E-state index in [1.807, 2.05) is 6.07 Å². The number of rotatable bonds is 4. The van der Waals surface area contributed by atoms with Crippen molar-refractivity contribution in [2.24, 2.45) is 0 Å². The highest BCUT2D eigenvalue weighted by Crippen LogP contribution is 2.27. The third-order valence-corrected chi connectivity index (χ3v) is 5.54. The molecular weight excluding hydrogens is 338 g/mol. The molecule has 0 radical (unpaired) electrons. The molecule has 0 spiro atoms. The Labute approximate surface area is 139 Å². The summed E-state index contributed by atoms with van der Waals surface area (Å²) >= 11 is 5.79. The highest BCUT2D eigenvalue weighted by molar-refractivity contribution is 7.92. The summed E-state index contributed by atoms with van der Waals surface area (Å²) in [5.74, 6) is -1.21. The number of carboxylic acid groups (broad SMARTS) is 1. The van der Waals surface area contributed by atoms with Gasteiger partial charge in [-0.25, -0.2) is 13.2 Å². The van der Waals surface area contributed by atoms with Gasteiger partial charge < -0.3 is 5.11 Å². The summed E-state index contributed by atoms with van der Waals surface area (Å²) < 4.78 is 27.4. The third kappa shape index (κ3) is 3.18. The molecule has 120 valence electrons. The van der Waals surface area contributed by atoms with Crippen molar-refractivity contribution in [3.05, 3.63) is 58.1 Å². The van der Waals surface area contributed by atoms with Crippen LogP contribution in [-0.2, 0) is 22.9 Å². The zero-order valence-corrected chi connectivity index (χ0v) is 13.6. The van der Waals surface area contributed by atoms with Gasteiger partial charge in [0, 0.05) is 5.69 Å². The van der Waals surface area contributed by atoms with Crippen LogP contribution in [0.1, 0.15) is 27.9 Å². The Hall–Kier alpha value is -2.05. The predicted octanol–water partition coefficient (Wildman–Crippen LogP) is 3.33. The molecule has 5 nitrogen and oxygen atoms in total. The van der Waals surface area contributed by atoms with Crippen LogP contribution in [0.15, 0.2) is 41.3 Å². The third-order valence-electron chi connectivity index (χ3n) is 3.83. The Bertz CT molecular complexity index is 893. The van der Waals surface area contributed by atoms with Crippen molar-refractivity contribution in [2.75, 3.05) is 4.72 Å². The number of aromatic carboxylic acids is 1. The van der Waals surface area contributed by atoms with Crippen molar-refractivity contribution in [3.8, 4) is 0 Å². The van der Waals surface area contributed by atoms with Crippen molar-refractivity contribution in [3.63, 3.8) is 0 Å². The minimum absolute atomic E-state index is 0.0537. The van der Waals surface area contributed by atoms with Crippen molar-refractivity contribution >= 4 is 33.3 Å². The molecule has 1 aliphatic carbocycles. The number of carboxylic acids is 1. The lowest BCUT2D eigenvalue weighted by molar-refractivity contribution is 0.0697. The summed E-state index contributed by atoms with van der Waals surface area (Å²) in [5, 5.41) is 9.10. The van der Waals surface area contributed by atoms with Crippen LogP contribution >= 0.6 is 11.6 Å². The summed E-state index contributed by atoms with van der Waals surface area (Å²) in [7, 11) is -3.78. The van der Waals surface area contributed by atoms with E-state index in [0.717, 1.165) is 24.8 Å². The Morgan fingerprint density at radius 3 is 2.57 bits per heavy atom. The first-order chi connectivity index (χ1) is 10.9. The molecule has 0 aromatic heterocycles. The van der Waals surface area contributed by atoms with Crippen LogP contribution in [0.2, 0.25) is 5.02 Å². The zero-order chi connectivity index (χ0) is 16.6. The average molecular weight is 352 g/mol. The quantitative estimate of drug-likeness (QED) is 0.885. The van der Waals surface area contributed by atoms with Crippen LogP contribution in [0.3, 0.4) is 0 Å². The number of fused-ring (bicyclic) bond motifs is 1. The molecule has 1 aliphatic rings. The first kappa shape index (κ1) is 15.8. The number of benzene rings is 2. The molecule has 0 unspecified atom stereocenters. The average Bonchev–Trinajstić information content (AvgIpc) is 2.96. The number of nitrogens with one attached hydrogen (secondary N) is 1. The lowest BCUT2D eigenvalue weighted by atomic mass is 10.1. The van der Waals surface area contributed by atoms with Gasteiger partial charge in [-0.3, -0.25) is 4.72 Å². The topological polar surface area (TPSA) is 83.5 Å². The second-order valence-electron chi connectivity index (χ2n) is 5.39. The molecule has 0 saturated carbocycles. The summed E-state index contributed by atoms with van der Waals surface area (Å²) in [6.07, 6.45) is 2.89. The molecule has 0 fully saturated rings. The molecule has 0 saturated heterocycles. The molecule has 7 heteroatoms. The highest BCUT2D eigenvalue weighted by Gasteiger charge is 2.19. The van der Waals surface area contributed by atoms with Gasteiger partial charge in [-0.05, 0) is 60.7 Å². The maximum Gasteiger partial charge on any atom is 0.337 e. The molecule has 0 atom stereocenters. The van der Waals surface area contributed by atoms with E-state index in [0.29, 0.717) is 0 Å². The number of carbonyl (C=O) groups is 1. The van der Waals surface area contributed by atoms with Gasteiger partial charge >= 0.3 is 5.97 Å². The van der Waals surface area contributed by atoms with E-state index in [1.54, 1.807) is 12.1 Å². The summed E-state index contributed by atoms with van der Waals surface area (Å²) in [6, 6.07) is 9.07. The maximum atomic E-state index is 12.5. The minimum atomic E-state index is -3.78. The SMILES string of the molecule is O=C(O)c1cc(NS(=O)(=O)c2ccc3c(c2)CCC3)ccc1Cl. The monoisotopic (exact) mass is 351 g/mol. The van der Waals surface area contributed by atoms with Crippen LogP contribution in [0, 0.1) is 0 Å². The van der Waals surface area contributed by atoms with E-state index >= 15 is 0 Å². The van der Waals surface area contributed by atoms with Gasteiger partial charge in [0.1, 0.15) is 0 Å². The summed E-state index contributed by atoms with van der Waals surface area (Å²) in [5.41, 5.74) is 2.24. The number of halogens is 1. The Morgan fingerprint density at radius 2 is 1.83 bits per heavy atom. The smallest absolute Gasteiger partial charge is 0.337 e. The first-order valence-corrected chi connectivity index (χ1v) is 8.90. The maximum absolute atomic E-state index is 12.5. The molecule has 23 heavy (non-hydrogen) atoms. The minimum Gasteiger partial charge on any atom is -0.478 e. The van der Waals surface area contributed by atoms with Crippen LogP contribution in [0.5, 0.6) is 0 Å². The fourth-order valence-corrected chi connectivity index (χ4v) is 3.98. The number of hydrogen-bond acceptors (Lipinski definition) is 3. The van der Waals surface area contributed by atoms with Crippen LogP contribution < -0.4 is 4.72 Å². The van der Waals surface area contributed by atoms with Crippen molar-refractivity contribution in [1.82, 2.24) is 0 Å². The van der Waals surface area contributed by atoms with Crippen molar-refractivity contribution in [1.29, 1.82) is 0 Å². The van der Waals surface area contributed by atoms with Crippen LogP contribution in [-0.4, -0.2) is 19.5 Å². The van der Waals surface area contributed by atoms with Crippen molar-refractivity contribution in [2.45, 2.75) is 24.2 Å². The van der Waals surface area contributed by atoms with E-state index in [2.05, 4.69) is 4.72 Å². The number of hydrogen-bond donors (Lipinski definition) is 2. The molecule has 0 aliphatic heterocycles. The lowest BCUT2D eigenvalue weighted by Gasteiger charge is -2.10. The van der Waals surface area contributed by atoms with Crippen LogP contribution in [0.4, 0.5) is 5.69 Å². The van der Waals surface area contributed by atoms with E-state index in [1.165, 1.54) is 23.8 Å². The standard InChI is InChI=1S/C16H14ClNO4S/c17-15-7-5-12(9-14(15)16(19)20)18-23(21,22)13-6-4-10-2-1-3-11(10)8-13/h4-9,18H,1-3H2,(H,19,20). The molecule has 2 aromatic rings. The Kier molecular flexibility index (Phi) is 4.04. The number of anilines is 1. The predicted molar refractivity (Wildman–Crippen MR) is 87.7 cm³/mol. The normalized spacial score (nSPS) is 13.6. The molecule has 0 amide bonds. The Balaban J connectivity index is 1.92. The van der Waals surface area contributed by atoms with Gasteiger partial charge in [0.2, 0.25) is 0 Å². The second-order valence-corrected chi connectivity index (χ2v) is 7.48. The van der Waals surface area contributed by atoms with Gasteiger partial charge in [-0.15, -0.1) is 0 Å². The molecule has 0 heterocycles.